The van der Waals surface area contributed by atoms with Crippen molar-refractivity contribution < 1.29 is 22.4 Å². The maximum absolute atomic E-state index is 12.9. The molecule has 0 aliphatic heterocycles. The van der Waals surface area contributed by atoms with Gasteiger partial charge in [0.15, 0.2) is 11.9 Å². The summed E-state index contributed by atoms with van der Waals surface area (Å²) >= 11 is 0. The molecule has 1 atom stereocenters. The van der Waals surface area contributed by atoms with Crippen LogP contribution in [0.3, 0.4) is 0 Å². The Balaban J connectivity index is 1.94. The van der Waals surface area contributed by atoms with Crippen molar-refractivity contribution in [3.05, 3.63) is 23.7 Å². The number of rotatable bonds is 4. The van der Waals surface area contributed by atoms with Crippen LogP contribution in [-0.4, -0.2) is 27.4 Å². The fourth-order valence-electron chi connectivity index (χ4n) is 2.26. The van der Waals surface area contributed by atoms with Crippen LogP contribution in [-0.2, 0) is 5.41 Å². The third kappa shape index (κ3) is 3.93. The van der Waals surface area contributed by atoms with E-state index in [1.807, 2.05) is 20.8 Å². The first-order chi connectivity index (χ1) is 11.6. The van der Waals surface area contributed by atoms with Gasteiger partial charge in [-0.2, -0.15) is 18.2 Å². The fraction of sp³-hybridized carbons (Fsp3) is 0.588. The standard InChI is InChI=1S/C17H20F3N3O2/c1-9(17(18,19)20)24-13-7-12(21-8-11(13)10-5-6-10)14-22-15(23-25-14)16(2,3)4/h7-10H,5-6H2,1-4H3/t9-/m0/s1. The fourth-order valence-corrected chi connectivity index (χ4v) is 2.26. The van der Waals surface area contributed by atoms with Gasteiger partial charge in [0.2, 0.25) is 0 Å². The maximum Gasteiger partial charge on any atom is 0.425 e. The quantitative estimate of drug-likeness (QED) is 0.800. The second-order valence-corrected chi connectivity index (χ2v) is 7.36. The molecule has 0 bridgehead atoms. The van der Waals surface area contributed by atoms with E-state index in [4.69, 9.17) is 9.26 Å². The molecular formula is C17H20F3N3O2. The zero-order chi connectivity index (χ0) is 18.4. The van der Waals surface area contributed by atoms with Crippen LogP contribution in [0.4, 0.5) is 13.2 Å². The predicted molar refractivity (Wildman–Crippen MR) is 84.3 cm³/mol. The molecule has 0 saturated heterocycles. The van der Waals surface area contributed by atoms with Crippen LogP contribution in [0.25, 0.3) is 11.6 Å². The molecule has 136 valence electrons. The normalized spacial score (nSPS) is 16.8. The van der Waals surface area contributed by atoms with Gasteiger partial charge in [0.25, 0.3) is 5.89 Å². The van der Waals surface area contributed by atoms with Crippen molar-refractivity contribution in [2.75, 3.05) is 0 Å². The summed E-state index contributed by atoms with van der Waals surface area (Å²) in [4.78, 5) is 8.57. The summed E-state index contributed by atoms with van der Waals surface area (Å²) in [6, 6.07) is 1.45. The number of alkyl halides is 3. The van der Waals surface area contributed by atoms with Crippen molar-refractivity contribution in [3.8, 4) is 17.3 Å². The molecule has 0 aromatic carbocycles. The number of nitrogens with zero attached hydrogens (tertiary/aromatic N) is 3. The highest BCUT2D eigenvalue weighted by atomic mass is 19.4. The molecule has 2 aromatic rings. The smallest absolute Gasteiger partial charge is 0.425 e. The first-order valence-corrected chi connectivity index (χ1v) is 8.13. The van der Waals surface area contributed by atoms with Gasteiger partial charge in [-0.1, -0.05) is 25.9 Å². The van der Waals surface area contributed by atoms with E-state index in [-0.39, 0.29) is 23.0 Å². The zero-order valence-corrected chi connectivity index (χ0v) is 14.5. The van der Waals surface area contributed by atoms with E-state index >= 15 is 0 Å². The molecular weight excluding hydrogens is 335 g/mol. The molecule has 1 fully saturated rings. The van der Waals surface area contributed by atoms with E-state index in [2.05, 4.69) is 15.1 Å². The summed E-state index contributed by atoms with van der Waals surface area (Å²) in [6.07, 6.45) is -2.95. The SMILES string of the molecule is C[C@H](Oc1cc(-c2nc(C(C)(C)C)no2)ncc1C1CC1)C(F)(F)F. The average molecular weight is 355 g/mol. The minimum atomic E-state index is -4.44. The molecule has 1 aliphatic rings. The predicted octanol–water partition coefficient (Wildman–Crippen LogP) is 4.64. The second kappa shape index (κ2) is 6.00. The highest BCUT2D eigenvalue weighted by Gasteiger charge is 2.39. The zero-order valence-electron chi connectivity index (χ0n) is 14.5. The van der Waals surface area contributed by atoms with Gasteiger partial charge in [-0.25, -0.2) is 0 Å². The Morgan fingerprint density at radius 2 is 1.92 bits per heavy atom. The highest BCUT2D eigenvalue weighted by molar-refractivity contribution is 5.53. The number of hydrogen-bond acceptors (Lipinski definition) is 5. The Morgan fingerprint density at radius 3 is 2.44 bits per heavy atom. The molecule has 0 amide bonds. The van der Waals surface area contributed by atoms with Crippen LogP contribution in [0.2, 0.25) is 0 Å². The Kier molecular flexibility index (Phi) is 4.25. The minimum Gasteiger partial charge on any atom is -0.481 e. The molecule has 8 heteroatoms. The first kappa shape index (κ1) is 17.7. The number of aromatic nitrogens is 3. The van der Waals surface area contributed by atoms with E-state index in [1.54, 1.807) is 6.20 Å². The minimum absolute atomic E-state index is 0.164. The van der Waals surface area contributed by atoms with Crippen LogP contribution < -0.4 is 4.74 Å². The molecule has 0 unspecified atom stereocenters. The summed E-state index contributed by atoms with van der Waals surface area (Å²) < 4.78 is 49.0. The van der Waals surface area contributed by atoms with Crippen LogP contribution in [0.5, 0.6) is 5.75 Å². The lowest BCUT2D eigenvalue weighted by Crippen LogP contribution is -2.31. The molecule has 2 aromatic heterocycles. The molecule has 25 heavy (non-hydrogen) atoms. The molecule has 0 N–H and O–H groups in total. The van der Waals surface area contributed by atoms with Gasteiger partial charge in [-0.05, 0) is 25.7 Å². The summed E-state index contributed by atoms with van der Waals surface area (Å²) in [5.41, 5.74) is 0.687. The molecule has 3 rings (SSSR count). The van der Waals surface area contributed by atoms with E-state index in [0.717, 1.165) is 19.8 Å². The summed E-state index contributed by atoms with van der Waals surface area (Å²) in [7, 11) is 0. The van der Waals surface area contributed by atoms with Crippen molar-refractivity contribution >= 4 is 0 Å². The van der Waals surface area contributed by atoms with Crippen molar-refractivity contribution in [3.63, 3.8) is 0 Å². The monoisotopic (exact) mass is 355 g/mol. The number of ether oxygens (including phenoxy) is 1. The second-order valence-electron chi connectivity index (χ2n) is 7.36. The van der Waals surface area contributed by atoms with Crippen LogP contribution >= 0.6 is 0 Å². The van der Waals surface area contributed by atoms with Gasteiger partial charge in [0, 0.05) is 23.2 Å². The largest absolute Gasteiger partial charge is 0.481 e. The van der Waals surface area contributed by atoms with Crippen LogP contribution in [0, 0.1) is 0 Å². The summed E-state index contributed by atoms with van der Waals surface area (Å²) in [5, 5.41) is 3.92. The summed E-state index contributed by atoms with van der Waals surface area (Å²) in [5.74, 6) is 1.04. The van der Waals surface area contributed by atoms with Gasteiger partial charge >= 0.3 is 6.18 Å². The summed E-state index contributed by atoms with van der Waals surface area (Å²) in [6.45, 7) is 6.79. The number of halogens is 3. The first-order valence-electron chi connectivity index (χ1n) is 8.13. The molecule has 1 aliphatic carbocycles. The van der Waals surface area contributed by atoms with Crippen LogP contribution in [0.1, 0.15) is 57.8 Å². The third-order valence-corrected chi connectivity index (χ3v) is 3.99. The van der Waals surface area contributed by atoms with Crippen molar-refractivity contribution in [2.24, 2.45) is 0 Å². The van der Waals surface area contributed by atoms with E-state index in [1.165, 1.54) is 6.07 Å². The maximum atomic E-state index is 12.9. The van der Waals surface area contributed by atoms with Crippen molar-refractivity contribution in [1.29, 1.82) is 0 Å². The Labute approximate surface area is 143 Å². The topological polar surface area (TPSA) is 61.0 Å². The van der Waals surface area contributed by atoms with E-state index in [9.17, 15) is 13.2 Å². The van der Waals surface area contributed by atoms with E-state index in [0.29, 0.717) is 17.1 Å². The average Bonchev–Trinajstić information content (AvgIpc) is 3.20. The third-order valence-electron chi connectivity index (χ3n) is 3.99. The lowest BCUT2D eigenvalue weighted by Gasteiger charge is -2.19. The van der Waals surface area contributed by atoms with Crippen molar-refractivity contribution in [2.45, 2.75) is 64.1 Å². The van der Waals surface area contributed by atoms with Gasteiger partial charge in [-0.3, -0.25) is 4.98 Å². The van der Waals surface area contributed by atoms with Gasteiger partial charge in [0.05, 0.1) is 0 Å². The molecule has 2 heterocycles. The molecule has 5 nitrogen and oxygen atoms in total. The number of hydrogen-bond donors (Lipinski definition) is 0. The van der Waals surface area contributed by atoms with Gasteiger partial charge in [0.1, 0.15) is 11.4 Å². The lowest BCUT2D eigenvalue weighted by molar-refractivity contribution is -0.189. The Hall–Kier alpha value is -2.12. The van der Waals surface area contributed by atoms with Crippen LogP contribution in [0.15, 0.2) is 16.8 Å². The number of pyridine rings is 1. The van der Waals surface area contributed by atoms with Gasteiger partial charge in [-0.15, -0.1) is 0 Å². The molecule has 1 saturated carbocycles. The van der Waals surface area contributed by atoms with Crippen molar-refractivity contribution in [1.82, 2.24) is 15.1 Å². The van der Waals surface area contributed by atoms with E-state index < -0.39 is 12.3 Å². The highest BCUT2D eigenvalue weighted by Crippen LogP contribution is 2.45. The van der Waals surface area contributed by atoms with Gasteiger partial charge < -0.3 is 9.26 Å². The Morgan fingerprint density at radius 1 is 1.24 bits per heavy atom. The Bertz CT molecular complexity index is 761. The lowest BCUT2D eigenvalue weighted by atomic mass is 9.96. The molecule has 0 spiro atoms. The molecule has 0 radical (unpaired) electrons.